The molecule has 3 rings (SSSR count). The number of nitrogens with zero attached hydrogens (tertiary/aromatic N) is 2. The van der Waals surface area contributed by atoms with Crippen LogP contribution in [-0.2, 0) is 6.54 Å². The molecule has 2 saturated heterocycles. The number of ether oxygens (including phenoxy) is 2. The van der Waals surface area contributed by atoms with Gasteiger partial charge in [-0.25, -0.2) is 0 Å². The summed E-state index contributed by atoms with van der Waals surface area (Å²) in [7, 11) is 3.41. The average molecular weight is 320 g/mol. The van der Waals surface area contributed by atoms with Crippen LogP contribution in [0.4, 0.5) is 0 Å². The molecule has 0 aromatic heterocycles. The third-order valence-electron chi connectivity index (χ3n) is 5.26. The highest BCUT2D eigenvalue weighted by Crippen LogP contribution is 2.33. The number of hydrogen-bond acceptors (Lipinski definition) is 5. The first-order valence-electron chi connectivity index (χ1n) is 8.55. The van der Waals surface area contributed by atoms with E-state index in [1.165, 1.54) is 19.4 Å². The number of piperazine rings is 1. The molecule has 2 aliphatic heterocycles. The van der Waals surface area contributed by atoms with Gasteiger partial charge in [-0.15, -0.1) is 0 Å². The predicted molar refractivity (Wildman–Crippen MR) is 90.0 cm³/mol. The summed E-state index contributed by atoms with van der Waals surface area (Å²) in [4.78, 5) is 5.10. The third-order valence-corrected chi connectivity index (χ3v) is 5.26. The van der Waals surface area contributed by atoms with Crippen molar-refractivity contribution < 1.29 is 14.6 Å². The van der Waals surface area contributed by atoms with Crippen molar-refractivity contribution in [2.75, 3.05) is 40.5 Å². The minimum absolute atomic E-state index is 0.239. The monoisotopic (exact) mass is 320 g/mol. The van der Waals surface area contributed by atoms with Crippen LogP contribution in [0.5, 0.6) is 11.5 Å². The fourth-order valence-electron chi connectivity index (χ4n) is 4.05. The minimum Gasteiger partial charge on any atom is -0.496 e. The Labute approximate surface area is 138 Å². The number of hydrogen-bond donors (Lipinski definition) is 1. The highest BCUT2D eigenvalue weighted by Gasteiger charge is 2.36. The maximum Gasteiger partial charge on any atom is 0.127 e. The molecule has 0 aliphatic carbocycles. The van der Waals surface area contributed by atoms with Gasteiger partial charge in [0.2, 0.25) is 0 Å². The molecule has 128 valence electrons. The molecule has 0 bridgehead atoms. The van der Waals surface area contributed by atoms with E-state index in [1.54, 1.807) is 14.2 Å². The number of methoxy groups -OCH3 is 2. The van der Waals surface area contributed by atoms with Crippen molar-refractivity contribution in [3.8, 4) is 11.5 Å². The van der Waals surface area contributed by atoms with Gasteiger partial charge in [0, 0.05) is 38.3 Å². The highest BCUT2D eigenvalue weighted by atomic mass is 16.5. The molecule has 5 nitrogen and oxygen atoms in total. The molecule has 2 fully saturated rings. The van der Waals surface area contributed by atoms with E-state index < -0.39 is 0 Å². The van der Waals surface area contributed by atoms with Crippen LogP contribution in [0, 0.1) is 0 Å². The van der Waals surface area contributed by atoms with Crippen molar-refractivity contribution in [1.82, 2.24) is 9.80 Å². The number of benzene rings is 1. The van der Waals surface area contributed by atoms with Crippen molar-refractivity contribution in [3.63, 3.8) is 0 Å². The lowest BCUT2D eigenvalue weighted by Gasteiger charge is -2.44. The van der Waals surface area contributed by atoms with Crippen molar-refractivity contribution in [1.29, 1.82) is 0 Å². The fourth-order valence-corrected chi connectivity index (χ4v) is 4.05. The van der Waals surface area contributed by atoms with Gasteiger partial charge in [0.15, 0.2) is 0 Å². The summed E-state index contributed by atoms with van der Waals surface area (Å²) < 4.78 is 11.1. The van der Waals surface area contributed by atoms with Gasteiger partial charge in [-0.1, -0.05) is 6.07 Å². The summed E-state index contributed by atoms with van der Waals surface area (Å²) in [6.07, 6.45) is 3.40. The van der Waals surface area contributed by atoms with Crippen LogP contribution in [-0.4, -0.2) is 67.5 Å². The summed E-state index contributed by atoms with van der Waals surface area (Å²) >= 11 is 0. The largest absolute Gasteiger partial charge is 0.496 e. The van der Waals surface area contributed by atoms with Crippen LogP contribution in [0.3, 0.4) is 0 Å². The zero-order valence-corrected chi connectivity index (χ0v) is 14.2. The van der Waals surface area contributed by atoms with Gasteiger partial charge < -0.3 is 14.6 Å². The Balaban J connectivity index is 1.82. The number of fused-ring (bicyclic) bond motifs is 1. The minimum atomic E-state index is 0.239. The molecule has 2 aliphatic rings. The normalized spacial score (nSPS) is 25.3. The Kier molecular flexibility index (Phi) is 5.41. The second-order valence-corrected chi connectivity index (χ2v) is 6.53. The van der Waals surface area contributed by atoms with E-state index in [9.17, 15) is 5.11 Å². The topological polar surface area (TPSA) is 45.2 Å². The lowest BCUT2D eigenvalue weighted by Crippen LogP contribution is -2.55. The molecular formula is C18H28N2O3. The van der Waals surface area contributed by atoms with E-state index >= 15 is 0 Å². The average Bonchev–Trinajstić information content (AvgIpc) is 3.02. The molecule has 1 aromatic rings. The van der Waals surface area contributed by atoms with Crippen LogP contribution >= 0.6 is 0 Å². The van der Waals surface area contributed by atoms with Crippen LogP contribution in [0.25, 0.3) is 0 Å². The molecule has 1 aromatic carbocycles. The van der Waals surface area contributed by atoms with Crippen molar-refractivity contribution in [3.05, 3.63) is 23.8 Å². The lowest BCUT2D eigenvalue weighted by molar-refractivity contribution is 0.0325. The first-order valence-corrected chi connectivity index (χ1v) is 8.55. The number of rotatable bonds is 6. The van der Waals surface area contributed by atoms with Gasteiger partial charge in [0.25, 0.3) is 0 Å². The van der Waals surface area contributed by atoms with Crippen LogP contribution < -0.4 is 9.47 Å². The van der Waals surface area contributed by atoms with Crippen molar-refractivity contribution in [2.45, 2.75) is 37.9 Å². The summed E-state index contributed by atoms with van der Waals surface area (Å²) in [5.41, 5.74) is 1.10. The van der Waals surface area contributed by atoms with Gasteiger partial charge >= 0.3 is 0 Å². The van der Waals surface area contributed by atoms with Crippen molar-refractivity contribution in [2.24, 2.45) is 0 Å². The Morgan fingerprint density at radius 3 is 2.57 bits per heavy atom. The second-order valence-electron chi connectivity index (χ2n) is 6.53. The molecule has 2 atom stereocenters. The molecule has 1 N–H and O–H groups in total. The summed E-state index contributed by atoms with van der Waals surface area (Å²) in [6.45, 7) is 4.37. The molecule has 0 amide bonds. The zero-order chi connectivity index (χ0) is 16.2. The van der Waals surface area contributed by atoms with E-state index in [4.69, 9.17) is 9.47 Å². The van der Waals surface area contributed by atoms with E-state index in [2.05, 4.69) is 9.80 Å². The van der Waals surface area contributed by atoms with E-state index in [0.717, 1.165) is 43.1 Å². The predicted octanol–water partition coefficient (Wildman–Crippen LogP) is 1.73. The van der Waals surface area contributed by atoms with Gasteiger partial charge in [-0.3, -0.25) is 9.80 Å². The summed E-state index contributed by atoms with van der Waals surface area (Å²) in [5, 5.41) is 9.45. The smallest absolute Gasteiger partial charge is 0.127 e. The Morgan fingerprint density at radius 2 is 1.91 bits per heavy atom. The van der Waals surface area contributed by atoms with Gasteiger partial charge in [0.1, 0.15) is 11.5 Å². The number of aliphatic hydroxyl groups excluding tert-OH is 1. The Hall–Kier alpha value is -1.30. The first kappa shape index (κ1) is 16.6. The highest BCUT2D eigenvalue weighted by molar-refractivity contribution is 5.44. The van der Waals surface area contributed by atoms with Gasteiger partial charge in [-0.2, -0.15) is 0 Å². The molecule has 5 heteroatoms. The van der Waals surface area contributed by atoms with Gasteiger partial charge in [-0.05, 0) is 37.9 Å². The molecular weight excluding hydrogens is 292 g/mol. The molecule has 0 saturated carbocycles. The molecule has 0 spiro atoms. The van der Waals surface area contributed by atoms with Gasteiger partial charge in [0.05, 0.1) is 19.8 Å². The summed E-state index contributed by atoms with van der Waals surface area (Å²) in [5.74, 6) is 1.75. The van der Waals surface area contributed by atoms with Crippen LogP contribution in [0.1, 0.15) is 24.8 Å². The maximum atomic E-state index is 9.45. The van der Waals surface area contributed by atoms with Crippen LogP contribution in [0.2, 0.25) is 0 Å². The Morgan fingerprint density at radius 1 is 1.17 bits per heavy atom. The van der Waals surface area contributed by atoms with E-state index in [0.29, 0.717) is 12.1 Å². The van der Waals surface area contributed by atoms with E-state index in [-0.39, 0.29) is 6.61 Å². The fraction of sp³-hybridized carbons (Fsp3) is 0.667. The van der Waals surface area contributed by atoms with E-state index in [1.807, 2.05) is 18.2 Å². The molecule has 23 heavy (non-hydrogen) atoms. The maximum absolute atomic E-state index is 9.45. The molecule has 0 radical (unpaired) electrons. The molecule has 0 unspecified atom stereocenters. The Bertz CT molecular complexity index is 501. The summed E-state index contributed by atoms with van der Waals surface area (Å²) in [6, 6.07) is 6.99. The standard InChI is InChI=1S/C18H28N2O3/c1-22-17-6-3-7-18(23-2)16(17)13-20-12-14-5-4-9-19(14)11-15(20)8-10-21/h3,6-7,14-15,21H,4-5,8-13H2,1-2H3/t14-,15+/m1/s1. The third kappa shape index (κ3) is 3.47. The SMILES string of the molecule is COc1cccc(OC)c1CN1C[C@H]2CCCN2C[C@@H]1CCO. The zero-order valence-electron chi connectivity index (χ0n) is 14.2. The second kappa shape index (κ2) is 7.51. The number of aliphatic hydroxyl groups is 1. The lowest BCUT2D eigenvalue weighted by atomic mass is 10.0. The van der Waals surface area contributed by atoms with Crippen molar-refractivity contribution >= 4 is 0 Å². The molecule has 2 heterocycles. The van der Waals surface area contributed by atoms with Crippen LogP contribution in [0.15, 0.2) is 18.2 Å². The quantitative estimate of drug-likeness (QED) is 0.865. The first-order chi connectivity index (χ1) is 11.3.